The second-order valence-corrected chi connectivity index (χ2v) is 5.99. The van der Waals surface area contributed by atoms with Gasteiger partial charge in [-0.15, -0.1) is 0 Å². The summed E-state index contributed by atoms with van der Waals surface area (Å²) in [7, 11) is 2.00. The van der Waals surface area contributed by atoms with Crippen LogP contribution < -0.4 is 5.73 Å². The maximum atomic E-state index is 6.06. The SMILES string of the molecule is CCC1(CC)CCN(C(CN)c2cnn(C)c2C)C1. The van der Waals surface area contributed by atoms with Gasteiger partial charge in [-0.25, -0.2) is 0 Å². The number of hydrogen-bond acceptors (Lipinski definition) is 3. The van der Waals surface area contributed by atoms with E-state index in [9.17, 15) is 0 Å². The van der Waals surface area contributed by atoms with Gasteiger partial charge in [0.05, 0.1) is 12.2 Å². The van der Waals surface area contributed by atoms with Crippen LogP contribution >= 0.6 is 0 Å². The fraction of sp³-hybridized carbons (Fsp3) is 0.800. The lowest BCUT2D eigenvalue weighted by molar-refractivity contribution is 0.197. The van der Waals surface area contributed by atoms with E-state index in [0.29, 0.717) is 18.0 Å². The van der Waals surface area contributed by atoms with Crippen LogP contribution in [0.15, 0.2) is 6.20 Å². The predicted molar refractivity (Wildman–Crippen MR) is 78.9 cm³/mol. The van der Waals surface area contributed by atoms with E-state index in [1.54, 1.807) is 0 Å². The summed E-state index contributed by atoms with van der Waals surface area (Å²) >= 11 is 0. The standard InChI is InChI=1S/C15H28N4/c1-5-15(6-2)7-8-19(11-15)14(9-16)13-10-17-18(4)12(13)3/h10,14H,5-9,11,16H2,1-4H3. The quantitative estimate of drug-likeness (QED) is 0.887. The van der Waals surface area contributed by atoms with Crippen LogP contribution in [0.25, 0.3) is 0 Å². The molecule has 2 rings (SSSR count). The van der Waals surface area contributed by atoms with Crippen LogP contribution in [0.4, 0.5) is 0 Å². The van der Waals surface area contributed by atoms with Crippen LogP contribution in [0, 0.1) is 12.3 Å². The summed E-state index contributed by atoms with van der Waals surface area (Å²) in [6.07, 6.45) is 5.83. The minimum absolute atomic E-state index is 0.327. The van der Waals surface area contributed by atoms with Gasteiger partial charge in [-0.05, 0) is 38.1 Å². The molecule has 0 amide bonds. The number of rotatable bonds is 5. The highest BCUT2D eigenvalue weighted by Crippen LogP contribution is 2.40. The highest BCUT2D eigenvalue weighted by atomic mass is 15.3. The number of aromatic nitrogens is 2. The van der Waals surface area contributed by atoms with Crippen molar-refractivity contribution in [1.82, 2.24) is 14.7 Å². The normalized spacial score (nSPS) is 20.9. The molecule has 1 aliphatic heterocycles. The third-order valence-corrected chi connectivity index (χ3v) is 5.26. The van der Waals surface area contributed by atoms with Gasteiger partial charge in [-0.3, -0.25) is 9.58 Å². The Morgan fingerprint density at radius 3 is 2.53 bits per heavy atom. The number of likely N-dealkylation sites (tertiary alicyclic amines) is 1. The summed E-state index contributed by atoms with van der Waals surface area (Å²) in [5.74, 6) is 0. The molecule has 19 heavy (non-hydrogen) atoms. The molecular formula is C15H28N4. The molecule has 0 radical (unpaired) electrons. The van der Waals surface area contributed by atoms with Crippen molar-refractivity contribution in [3.63, 3.8) is 0 Å². The number of nitrogens with two attached hydrogens (primary N) is 1. The van der Waals surface area contributed by atoms with Crippen LogP contribution in [-0.4, -0.2) is 34.3 Å². The Kier molecular flexibility index (Phi) is 4.31. The second-order valence-electron chi connectivity index (χ2n) is 5.99. The van der Waals surface area contributed by atoms with Crippen molar-refractivity contribution in [3.8, 4) is 0 Å². The van der Waals surface area contributed by atoms with Crippen molar-refractivity contribution in [1.29, 1.82) is 0 Å². The van der Waals surface area contributed by atoms with E-state index >= 15 is 0 Å². The molecule has 4 heteroatoms. The van der Waals surface area contributed by atoms with Crippen molar-refractivity contribution in [2.45, 2.75) is 46.1 Å². The third-order valence-electron chi connectivity index (χ3n) is 5.26. The van der Waals surface area contributed by atoms with E-state index < -0.39 is 0 Å². The molecule has 1 atom stereocenters. The van der Waals surface area contributed by atoms with E-state index in [0.717, 1.165) is 6.54 Å². The molecule has 1 aromatic rings. The molecule has 1 aromatic heterocycles. The maximum absolute atomic E-state index is 6.06. The number of nitrogens with zero attached hydrogens (tertiary/aromatic N) is 3. The molecule has 0 spiro atoms. The zero-order chi connectivity index (χ0) is 14.0. The lowest BCUT2D eigenvalue weighted by atomic mass is 9.82. The van der Waals surface area contributed by atoms with E-state index in [1.807, 2.05) is 17.9 Å². The average molecular weight is 264 g/mol. The first-order valence-electron chi connectivity index (χ1n) is 7.49. The molecular weight excluding hydrogens is 236 g/mol. The first-order chi connectivity index (χ1) is 9.06. The fourth-order valence-corrected chi connectivity index (χ4v) is 3.38. The Morgan fingerprint density at radius 1 is 1.42 bits per heavy atom. The number of aryl methyl sites for hydroxylation is 1. The Hall–Kier alpha value is -0.870. The predicted octanol–water partition coefficient (Wildman–Crippen LogP) is 2.24. The van der Waals surface area contributed by atoms with E-state index in [1.165, 1.54) is 37.1 Å². The molecule has 2 N–H and O–H groups in total. The minimum Gasteiger partial charge on any atom is -0.329 e. The molecule has 108 valence electrons. The Morgan fingerprint density at radius 2 is 2.11 bits per heavy atom. The largest absolute Gasteiger partial charge is 0.329 e. The highest BCUT2D eigenvalue weighted by molar-refractivity contribution is 5.21. The van der Waals surface area contributed by atoms with E-state index in [2.05, 4.69) is 30.8 Å². The molecule has 0 aromatic carbocycles. The Bertz CT molecular complexity index is 420. The average Bonchev–Trinajstić information content (AvgIpc) is 2.99. The van der Waals surface area contributed by atoms with Crippen molar-refractivity contribution in [2.24, 2.45) is 18.2 Å². The van der Waals surface area contributed by atoms with Crippen molar-refractivity contribution in [2.75, 3.05) is 19.6 Å². The van der Waals surface area contributed by atoms with Gasteiger partial charge in [-0.1, -0.05) is 13.8 Å². The molecule has 1 unspecified atom stereocenters. The Labute approximate surface area is 117 Å². The van der Waals surface area contributed by atoms with Crippen LogP contribution in [0.2, 0.25) is 0 Å². The monoisotopic (exact) mass is 264 g/mol. The van der Waals surface area contributed by atoms with E-state index in [4.69, 9.17) is 5.73 Å². The molecule has 0 saturated carbocycles. The van der Waals surface area contributed by atoms with E-state index in [-0.39, 0.29) is 0 Å². The lowest BCUT2D eigenvalue weighted by Gasteiger charge is -2.30. The summed E-state index contributed by atoms with van der Waals surface area (Å²) in [5.41, 5.74) is 9.10. The van der Waals surface area contributed by atoms with Gasteiger partial charge in [0.1, 0.15) is 0 Å². The maximum Gasteiger partial charge on any atom is 0.0540 e. The first kappa shape index (κ1) is 14.5. The summed E-state index contributed by atoms with van der Waals surface area (Å²) < 4.78 is 1.95. The molecule has 1 aliphatic rings. The highest BCUT2D eigenvalue weighted by Gasteiger charge is 2.38. The Balaban J connectivity index is 2.18. The molecule has 2 heterocycles. The van der Waals surface area contributed by atoms with Crippen LogP contribution in [-0.2, 0) is 7.05 Å². The third kappa shape index (κ3) is 2.56. The van der Waals surface area contributed by atoms with Gasteiger partial charge in [0, 0.05) is 31.4 Å². The fourth-order valence-electron chi connectivity index (χ4n) is 3.38. The summed E-state index contributed by atoms with van der Waals surface area (Å²) in [6, 6.07) is 0.327. The minimum atomic E-state index is 0.327. The van der Waals surface area contributed by atoms with Crippen molar-refractivity contribution >= 4 is 0 Å². The first-order valence-corrected chi connectivity index (χ1v) is 7.49. The van der Waals surface area contributed by atoms with Crippen LogP contribution in [0.3, 0.4) is 0 Å². The van der Waals surface area contributed by atoms with Gasteiger partial charge in [-0.2, -0.15) is 5.10 Å². The second kappa shape index (κ2) is 5.63. The van der Waals surface area contributed by atoms with Crippen LogP contribution in [0.5, 0.6) is 0 Å². The van der Waals surface area contributed by atoms with Gasteiger partial charge >= 0.3 is 0 Å². The molecule has 4 nitrogen and oxygen atoms in total. The smallest absolute Gasteiger partial charge is 0.0540 e. The summed E-state index contributed by atoms with van der Waals surface area (Å²) in [5, 5.41) is 4.37. The molecule has 1 saturated heterocycles. The topological polar surface area (TPSA) is 47.1 Å². The lowest BCUT2D eigenvalue weighted by Crippen LogP contribution is -2.34. The van der Waals surface area contributed by atoms with Gasteiger partial charge in [0.2, 0.25) is 0 Å². The summed E-state index contributed by atoms with van der Waals surface area (Å²) in [6.45, 7) is 9.79. The van der Waals surface area contributed by atoms with Gasteiger partial charge in [0.15, 0.2) is 0 Å². The zero-order valence-electron chi connectivity index (χ0n) is 12.8. The molecule has 0 bridgehead atoms. The van der Waals surface area contributed by atoms with Crippen LogP contribution in [0.1, 0.15) is 50.4 Å². The van der Waals surface area contributed by atoms with Crippen molar-refractivity contribution in [3.05, 3.63) is 17.5 Å². The molecule has 0 aliphatic carbocycles. The summed E-state index contributed by atoms with van der Waals surface area (Å²) in [4.78, 5) is 2.57. The van der Waals surface area contributed by atoms with Gasteiger partial charge < -0.3 is 5.73 Å². The zero-order valence-corrected chi connectivity index (χ0v) is 12.8. The molecule has 1 fully saturated rings. The number of hydrogen-bond donors (Lipinski definition) is 1. The van der Waals surface area contributed by atoms with Crippen molar-refractivity contribution < 1.29 is 0 Å². The van der Waals surface area contributed by atoms with Gasteiger partial charge in [0.25, 0.3) is 0 Å².